The van der Waals surface area contributed by atoms with Crippen LogP contribution in [0.15, 0.2) is 18.7 Å². The Hall–Kier alpha value is -5.03. The number of rotatable bonds is 12. The van der Waals surface area contributed by atoms with Crippen LogP contribution in [0, 0.1) is 17.1 Å². The van der Waals surface area contributed by atoms with E-state index in [4.69, 9.17) is 35.7 Å². The Bertz CT molecular complexity index is 2350. The lowest BCUT2D eigenvalue weighted by molar-refractivity contribution is -0.138. The van der Waals surface area contributed by atoms with E-state index in [2.05, 4.69) is 26.8 Å². The van der Waals surface area contributed by atoms with Gasteiger partial charge in [0.05, 0.1) is 35.3 Å². The number of anilines is 2. The van der Waals surface area contributed by atoms with Gasteiger partial charge in [-0.25, -0.2) is 18.4 Å². The summed E-state index contributed by atoms with van der Waals surface area (Å²) in [5.74, 6) is -2.07. The van der Waals surface area contributed by atoms with Crippen LogP contribution in [0.25, 0.3) is 22.8 Å². The van der Waals surface area contributed by atoms with Crippen molar-refractivity contribution in [3.05, 3.63) is 50.4 Å². The molecular formula is C43H55BClF2N7O8S. The molecule has 3 aromatic rings. The molecule has 3 aliphatic rings. The zero-order valence-corrected chi connectivity index (χ0v) is 38.4. The SMILES string of the molecule is C=C/C(F)=c1/sc(NC(=O)OC(C)(C)C)c(C#N)/c1=C\c1c(Cl)cc2c(N3CB4CCC(C3)N4C(=O)OC(C)(C)C)nc(OC)nc2c1F.O=C(O)CCOCCCN1CCCC1. The summed E-state index contributed by atoms with van der Waals surface area (Å²) >= 11 is 7.50. The predicted molar refractivity (Wildman–Crippen MR) is 240 cm³/mol. The van der Waals surface area contributed by atoms with Crippen molar-refractivity contribution in [1.29, 1.82) is 5.26 Å². The monoisotopic (exact) mass is 913 g/mol. The molecular weight excluding hydrogens is 859 g/mol. The molecule has 2 N–H and O–H groups in total. The number of carboxylic acid groups (broad SMARTS) is 1. The second-order valence-corrected chi connectivity index (χ2v) is 18.8. The highest BCUT2D eigenvalue weighted by Gasteiger charge is 2.47. The van der Waals surface area contributed by atoms with Gasteiger partial charge in [0, 0.05) is 48.4 Å². The fraction of sp³-hybridized carbons (Fsp3) is 0.535. The molecule has 6 rings (SSSR count). The standard InChI is InChI=1S/C33H36BClF2N6O5S.C10H19NO3/c1-9-23(36)26-18(21(14-38)28(49-26)41-30(44)47-32(2,3)4)12-19-22(35)13-20-25(24(19)37)39-29(46-8)40-27(20)42-15-17-10-11-34(16-42)43(17)31(45)48-33(5,6)7;12-10(13)4-9-14-8-3-7-11-5-1-2-6-11/h9,12-13,17H,1,10-11,15-16H2,2-8H3,(H,41,44);1-9H2,(H,12,13)/b18-12+,26-23-;. The maximum absolute atomic E-state index is 16.6. The molecule has 1 atom stereocenters. The quantitative estimate of drug-likeness (QED) is 0.139. The first-order chi connectivity index (χ1) is 29.7. The van der Waals surface area contributed by atoms with Crippen LogP contribution in [-0.4, -0.2) is 120 Å². The normalized spacial score (nSPS) is 17.3. The minimum absolute atomic E-state index is 0.00115. The summed E-state index contributed by atoms with van der Waals surface area (Å²) in [6.45, 7) is 18.8. The summed E-state index contributed by atoms with van der Waals surface area (Å²) < 4.78 is 53.2. The molecule has 3 fully saturated rings. The molecule has 0 radical (unpaired) electrons. The first kappa shape index (κ1) is 49.0. The molecule has 2 bridgehead atoms. The lowest BCUT2D eigenvalue weighted by Crippen LogP contribution is -2.59. The van der Waals surface area contributed by atoms with Gasteiger partial charge in [-0.2, -0.15) is 15.2 Å². The third kappa shape index (κ3) is 12.8. The van der Waals surface area contributed by atoms with E-state index in [9.17, 15) is 19.6 Å². The van der Waals surface area contributed by atoms with E-state index in [1.54, 1.807) is 25.6 Å². The number of fused-ring (bicyclic) bond motifs is 3. The van der Waals surface area contributed by atoms with Crippen molar-refractivity contribution in [3.63, 3.8) is 0 Å². The summed E-state index contributed by atoms with van der Waals surface area (Å²) in [7, 11) is 1.36. The molecule has 3 saturated heterocycles. The van der Waals surface area contributed by atoms with Crippen LogP contribution in [-0.2, 0) is 19.0 Å². The highest BCUT2D eigenvalue weighted by molar-refractivity contribution is 7.14. The van der Waals surface area contributed by atoms with E-state index in [-0.39, 0.29) is 67.8 Å². The maximum Gasteiger partial charge on any atom is 0.412 e. The molecule has 15 nitrogen and oxygen atoms in total. The summed E-state index contributed by atoms with van der Waals surface area (Å²) in [6.07, 6.45) is 6.66. The van der Waals surface area contributed by atoms with Crippen molar-refractivity contribution < 1.29 is 47.2 Å². The zero-order valence-electron chi connectivity index (χ0n) is 36.8. The summed E-state index contributed by atoms with van der Waals surface area (Å²) in [6, 6.07) is 3.23. The van der Waals surface area contributed by atoms with Gasteiger partial charge >= 0.3 is 24.2 Å². The Morgan fingerprint density at radius 1 is 1.14 bits per heavy atom. The Morgan fingerprint density at radius 2 is 1.84 bits per heavy atom. The van der Waals surface area contributed by atoms with Crippen molar-refractivity contribution in [2.45, 2.75) is 97.2 Å². The topological polar surface area (TPSA) is 180 Å². The Morgan fingerprint density at radius 3 is 2.44 bits per heavy atom. The number of amides is 2. The van der Waals surface area contributed by atoms with Gasteiger partial charge in [-0.3, -0.25) is 10.1 Å². The summed E-state index contributed by atoms with van der Waals surface area (Å²) in [5, 5.41) is 21.2. The molecule has 20 heteroatoms. The van der Waals surface area contributed by atoms with Crippen molar-refractivity contribution >= 4 is 81.6 Å². The zero-order chi connectivity index (χ0) is 46.2. The number of thiophene rings is 1. The molecule has 2 aromatic heterocycles. The van der Waals surface area contributed by atoms with Crippen LogP contribution in [0.4, 0.5) is 29.2 Å². The Kier molecular flexibility index (Phi) is 16.4. The minimum Gasteiger partial charge on any atom is -0.481 e. The number of aliphatic carboxylic acids is 1. The lowest BCUT2D eigenvalue weighted by Gasteiger charge is -2.41. The van der Waals surface area contributed by atoms with Gasteiger partial charge in [0.2, 0.25) is 0 Å². The summed E-state index contributed by atoms with van der Waals surface area (Å²) in [4.78, 5) is 50.8. The number of nitrogens with one attached hydrogen (secondary N) is 1. The number of aromatic nitrogens is 2. The number of benzene rings is 1. The number of halogens is 3. The third-order valence-electron chi connectivity index (χ3n) is 10.2. The summed E-state index contributed by atoms with van der Waals surface area (Å²) in [5.41, 5.74) is -1.89. The van der Waals surface area contributed by atoms with E-state index in [1.807, 2.05) is 31.7 Å². The van der Waals surface area contributed by atoms with E-state index in [0.717, 1.165) is 43.1 Å². The smallest absolute Gasteiger partial charge is 0.412 e. The van der Waals surface area contributed by atoms with E-state index >= 15 is 8.78 Å². The van der Waals surface area contributed by atoms with Crippen molar-refractivity contribution in [3.8, 4) is 12.1 Å². The van der Waals surface area contributed by atoms with Gasteiger partial charge in [0.15, 0.2) is 5.82 Å². The number of allylic oxidation sites excluding steroid dienone is 1. The van der Waals surface area contributed by atoms with Crippen molar-refractivity contribution in [2.24, 2.45) is 0 Å². The second-order valence-electron chi connectivity index (χ2n) is 17.3. The predicted octanol–water partition coefficient (Wildman–Crippen LogP) is 7.13. The lowest BCUT2D eigenvalue weighted by atomic mass is 9.59. The van der Waals surface area contributed by atoms with Crippen molar-refractivity contribution in [2.75, 3.05) is 63.2 Å². The van der Waals surface area contributed by atoms with E-state index in [0.29, 0.717) is 37.4 Å². The number of ether oxygens (including phenoxy) is 4. The molecule has 340 valence electrons. The number of nitriles is 1. The highest BCUT2D eigenvalue weighted by Crippen LogP contribution is 2.38. The van der Waals surface area contributed by atoms with Gasteiger partial charge in [0.1, 0.15) is 39.4 Å². The molecule has 0 aliphatic carbocycles. The minimum atomic E-state index is -0.860. The molecule has 63 heavy (non-hydrogen) atoms. The van der Waals surface area contributed by atoms with Crippen molar-refractivity contribution in [1.82, 2.24) is 19.7 Å². The molecule has 0 spiro atoms. The third-order valence-corrected chi connectivity index (χ3v) is 11.7. The van der Waals surface area contributed by atoms with Gasteiger partial charge in [-0.05, 0) is 105 Å². The number of hydrogen-bond donors (Lipinski definition) is 2. The molecule has 1 aromatic carbocycles. The van der Waals surface area contributed by atoms with Crippen LogP contribution >= 0.6 is 22.9 Å². The second kappa shape index (κ2) is 21.1. The van der Waals surface area contributed by atoms with Crippen LogP contribution < -0.4 is 24.7 Å². The van der Waals surface area contributed by atoms with Gasteiger partial charge in [-0.1, -0.05) is 18.2 Å². The maximum atomic E-state index is 16.6. The number of carbonyl (C=O) groups excluding carboxylic acids is 2. The highest BCUT2D eigenvalue weighted by atomic mass is 35.5. The number of hydrogen-bond acceptors (Lipinski definition) is 13. The Balaban J connectivity index is 0.000000455. The molecule has 3 aliphatic heterocycles. The molecule has 5 heterocycles. The average Bonchev–Trinajstić information content (AvgIpc) is 3.91. The van der Waals surface area contributed by atoms with Crippen LogP contribution in [0.2, 0.25) is 11.3 Å². The molecule has 0 saturated carbocycles. The van der Waals surface area contributed by atoms with Gasteiger partial charge in [0.25, 0.3) is 6.85 Å². The first-order valence-corrected chi connectivity index (χ1v) is 22.0. The van der Waals surface area contributed by atoms with Crippen LogP contribution in [0.5, 0.6) is 6.01 Å². The number of nitrogens with zero attached hydrogens (tertiary/aromatic N) is 6. The van der Waals surface area contributed by atoms with Crippen LogP contribution in [0.3, 0.4) is 0 Å². The van der Waals surface area contributed by atoms with E-state index in [1.165, 1.54) is 45.2 Å². The number of carbonyl (C=O) groups is 3. The largest absolute Gasteiger partial charge is 0.481 e. The van der Waals surface area contributed by atoms with Gasteiger partial charge < -0.3 is 38.7 Å². The number of likely N-dealkylation sites (tertiary alicyclic amines) is 1. The van der Waals surface area contributed by atoms with Gasteiger partial charge in [-0.15, -0.1) is 11.3 Å². The Labute approximate surface area is 375 Å². The molecule has 1 unspecified atom stereocenters. The number of methoxy groups -OCH3 is 1. The fourth-order valence-electron chi connectivity index (χ4n) is 7.58. The van der Waals surface area contributed by atoms with E-state index < -0.39 is 34.9 Å². The fourth-order valence-corrected chi connectivity index (χ4v) is 8.87. The molecule has 2 amide bonds. The average molecular weight is 914 g/mol. The van der Waals surface area contributed by atoms with Crippen LogP contribution in [0.1, 0.15) is 84.8 Å². The number of carboxylic acids is 1. The first-order valence-electron chi connectivity index (χ1n) is 20.8.